The summed E-state index contributed by atoms with van der Waals surface area (Å²) in [6.07, 6.45) is 0.696. The van der Waals surface area contributed by atoms with Gasteiger partial charge in [-0.3, -0.25) is 19.3 Å². The summed E-state index contributed by atoms with van der Waals surface area (Å²) in [6.45, 7) is 5.35. The summed E-state index contributed by atoms with van der Waals surface area (Å²) >= 11 is 0. The lowest BCUT2D eigenvalue weighted by Gasteiger charge is -2.30. The second-order valence-corrected chi connectivity index (χ2v) is 5.11. The van der Waals surface area contributed by atoms with Crippen LogP contribution in [0.25, 0.3) is 0 Å². The van der Waals surface area contributed by atoms with Crippen LogP contribution in [-0.2, 0) is 14.4 Å². The van der Waals surface area contributed by atoms with Crippen molar-refractivity contribution in [3.63, 3.8) is 0 Å². The Morgan fingerprint density at radius 3 is 2.44 bits per heavy atom. The molecule has 0 aromatic heterocycles. The lowest BCUT2D eigenvalue weighted by atomic mass is 9.94. The first-order valence-electron chi connectivity index (χ1n) is 5.35. The molecule has 5 heteroatoms. The standard InChI is InChI=1S/C11H18N2O3/c1-11(2,3)10(16)12-7-5-6-8(14)13(4)9(7)15/h7H,5-6H2,1-4H3,(H,12,16)/t7-/m1/s1. The zero-order valence-corrected chi connectivity index (χ0v) is 10.2. The Kier molecular flexibility index (Phi) is 3.35. The number of nitrogens with zero attached hydrogens (tertiary/aromatic N) is 1. The molecule has 1 rings (SSSR count). The predicted molar refractivity (Wildman–Crippen MR) is 58.4 cm³/mol. The van der Waals surface area contributed by atoms with Crippen molar-refractivity contribution in [3.8, 4) is 0 Å². The number of rotatable bonds is 1. The van der Waals surface area contributed by atoms with Crippen LogP contribution in [0.5, 0.6) is 0 Å². The number of hydrogen-bond donors (Lipinski definition) is 1. The zero-order valence-electron chi connectivity index (χ0n) is 10.2. The highest BCUT2D eigenvalue weighted by atomic mass is 16.2. The smallest absolute Gasteiger partial charge is 0.251 e. The highest BCUT2D eigenvalue weighted by Gasteiger charge is 2.34. The average molecular weight is 226 g/mol. The van der Waals surface area contributed by atoms with Gasteiger partial charge in [-0.05, 0) is 6.42 Å². The van der Waals surface area contributed by atoms with Gasteiger partial charge in [0.05, 0.1) is 0 Å². The van der Waals surface area contributed by atoms with Crippen LogP contribution in [0.1, 0.15) is 33.6 Å². The number of amides is 3. The summed E-state index contributed by atoms with van der Waals surface area (Å²) in [5.41, 5.74) is -0.527. The molecule has 0 spiro atoms. The molecule has 1 aliphatic rings. The lowest BCUT2D eigenvalue weighted by Crippen LogP contribution is -2.54. The van der Waals surface area contributed by atoms with Crippen molar-refractivity contribution in [2.45, 2.75) is 39.7 Å². The first-order valence-corrected chi connectivity index (χ1v) is 5.35. The first kappa shape index (κ1) is 12.7. The summed E-state index contributed by atoms with van der Waals surface area (Å²) in [7, 11) is 1.44. The van der Waals surface area contributed by atoms with Gasteiger partial charge >= 0.3 is 0 Å². The molecule has 0 aliphatic carbocycles. The minimum Gasteiger partial charge on any atom is -0.344 e. The van der Waals surface area contributed by atoms with Gasteiger partial charge in [0, 0.05) is 18.9 Å². The summed E-state index contributed by atoms with van der Waals surface area (Å²) in [5, 5.41) is 2.68. The number of likely N-dealkylation sites (N-methyl/N-ethyl adjacent to an activating group) is 1. The molecular formula is C11H18N2O3. The van der Waals surface area contributed by atoms with Crippen molar-refractivity contribution in [2.24, 2.45) is 5.41 Å². The molecule has 1 aliphatic heterocycles. The van der Waals surface area contributed by atoms with E-state index in [1.54, 1.807) is 20.8 Å². The van der Waals surface area contributed by atoms with E-state index in [9.17, 15) is 14.4 Å². The Labute approximate surface area is 95.2 Å². The minimum absolute atomic E-state index is 0.173. The van der Waals surface area contributed by atoms with Crippen molar-refractivity contribution in [2.75, 3.05) is 7.05 Å². The molecule has 0 aromatic carbocycles. The van der Waals surface area contributed by atoms with Crippen LogP contribution in [0.4, 0.5) is 0 Å². The quantitative estimate of drug-likeness (QED) is 0.654. The van der Waals surface area contributed by atoms with E-state index in [1.807, 2.05) is 0 Å². The van der Waals surface area contributed by atoms with Crippen molar-refractivity contribution >= 4 is 17.7 Å². The van der Waals surface area contributed by atoms with E-state index in [2.05, 4.69) is 5.32 Å². The largest absolute Gasteiger partial charge is 0.344 e. The van der Waals surface area contributed by atoms with Gasteiger partial charge in [-0.2, -0.15) is 0 Å². The van der Waals surface area contributed by atoms with Gasteiger partial charge in [0.15, 0.2) is 0 Å². The second kappa shape index (κ2) is 4.23. The van der Waals surface area contributed by atoms with E-state index < -0.39 is 11.5 Å². The number of likely N-dealkylation sites (tertiary alicyclic amines) is 1. The molecule has 90 valence electrons. The topological polar surface area (TPSA) is 66.5 Å². The molecule has 0 aromatic rings. The molecule has 1 heterocycles. The summed E-state index contributed by atoms with van der Waals surface area (Å²) < 4.78 is 0. The van der Waals surface area contributed by atoms with Crippen LogP contribution < -0.4 is 5.32 Å². The monoisotopic (exact) mass is 226 g/mol. The predicted octanol–water partition coefficient (Wildman–Crippen LogP) is 0.296. The number of hydrogen-bond acceptors (Lipinski definition) is 3. The van der Waals surface area contributed by atoms with Crippen LogP contribution in [0.3, 0.4) is 0 Å². The molecule has 1 saturated heterocycles. The fraction of sp³-hybridized carbons (Fsp3) is 0.727. The Bertz CT molecular complexity index is 331. The molecule has 0 bridgehead atoms. The van der Waals surface area contributed by atoms with Crippen LogP contribution >= 0.6 is 0 Å². The average Bonchev–Trinajstić information content (AvgIpc) is 2.17. The van der Waals surface area contributed by atoms with Crippen LogP contribution in [0.15, 0.2) is 0 Å². The Morgan fingerprint density at radius 2 is 1.94 bits per heavy atom. The zero-order chi connectivity index (χ0) is 12.5. The molecular weight excluding hydrogens is 208 g/mol. The van der Waals surface area contributed by atoms with Gasteiger partial charge in [0.1, 0.15) is 6.04 Å². The lowest BCUT2D eigenvalue weighted by molar-refractivity contribution is -0.150. The van der Waals surface area contributed by atoms with E-state index >= 15 is 0 Å². The van der Waals surface area contributed by atoms with Gasteiger partial charge in [-0.1, -0.05) is 20.8 Å². The molecule has 0 unspecified atom stereocenters. The first-order chi connectivity index (χ1) is 7.23. The van der Waals surface area contributed by atoms with E-state index in [4.69, 9.17) is 0 Å². The van der Waals surface area contributed by atoms with Gasteiger partial charge < -0.3 is 5.32 Å². The third kappa shape index (κ3) is 2.59. The van der Waals surface area contributed by atoms with E-state index in [-0.39, 0.29) is 17.7 Å². The van der Waals surface area contributed by atoms with E-state index in [0.717, 1.165) is 4.90 Å². The Hall–Kier alpha value is -1.39. The van der Waals surface area contributed by atoms with E-state index in [0.29, 0.717) is 12.8 Å². The summed E-state index contributed by atoms with van der Waals surface area (Å²) in [4.78, 5) is 35.7. The van der Waals surface area contributed by atoms with Gasteiger partial charge in [-0.25, -0.2) is 0 Å². The number of imide groups is 1. The molecule has 16 heavy (non-hydrogen) atoms. The van der Waals surface area contributed by atoms with Crippen LogP contribution in [0.2, 0.25) is 0 Å². The molecule has 1 fully saturated rings. The third-order valence-electron chi connectivity index (χ3n) is 2.64. The van der Waals surface area contributed by atoms with Crippen molar-refractivity contribution in [1.82, 2.24) is 10.2 Å². The maximum atomic E-state index is 11.7. The van der Waals surface area contributed by atoms with E-state index in [1.165, 1.54) is 7.05 Å². The fourth-order valence-corrected chi connectivity index (χ4v) is 1.42. The molecule has 0 radical (unpaired) electrons. The number of nitrogens with one attached hydrogen (secondary N) is 1. The fourth-order valence-electron chi connectivity index (χ4n) is 1.42. The van der Waals surface area contributed by atoms with Crippen molar-refractivity contribution in [3.05, 3.63) is 0 Å². The molecule has 0 saturated carbocycles. The van der Waals surface area contributed by atoms with Gasteiger partial charge in [0.25, 0.3) is 5.91 Å². The van der Waals surface area contributed by atoms with Crippen molar-refractivity contribution < 1.29 is 14.4 Å². The molecule has 1 atom stereocenters. The second-order valence-electron chi connectivity index (χ2n) is 5.11. The molecule has 1 N–H and O–H groups in total. The van der Waals surface area contributed by atoms with Crippen molar-refractivity contribution in [1.29, 1.82) is 0 Å². The molecule has 3 amide bonds. The van der Waals surface area contributed by atoms with Gasteiger partial charge in [-0.15, -0.1) is 0 Å². The summed E-state index contributed by atoms with van der Waals surface area (Å²) in [5.74, 6) is -0.686. The Balaban J connectivity index is 2.66. The Morgan fingerprint density at radius 1 is 1.38 bits per heavy atom. The minimum atomic E-state index is -0.561. The highest BCUT2D eigenvalue weighted by Crippen LogP contribution is 2.16. The third-order valence-corrected chi connectivity index (χ3v) is 2.64. The van der Waals surface area contributed by atoms with Crippen LogP contribution in [-0.4, -0.2) is 35.7 Å². The number of carbonyl (C=O) groups excluding carboxylic acids is 3. The molecule has 5 nitrogen and oxygen atoms in total. The maximum Gasteiger partial charge on any atom is 0.251 e. The highest BCUT2D eigenvalue weighted by molar-refractivity contribution is 6.01. The SMILES string of the molecule is CN1C(=O)CC[C@@H](NC(=O)C(C)(C)C)C1=O. The van der Waals surface area contributed by atoms with Crippen LogP contribution in [0, 0.1) is 5.41 Å². The number of carbonyl (C=O) groups is 3. The van der Waals surface area contributed by atoms with Gasteiger partial charge in [0.2, 0.25) is 11.8 Å². The maximum absolute atomic E-state index is 11.7. The summed E-state index contributed by atoms with van der Waals surface area (Å²) in [6, 6.07) is -0.561. The number of piperidine rings is 1. The normalized spacial score (nSPS) is 22.2.